The van der Waals surface area contributed by atoms with Gasteiger partial charge in [0.2, 0.25) is 0 Å². The number of nitrogens with one attached hydrogen (secondary N) is 1. The minimum atomic E-state index is -4.40. The molecule has 1 aromatic rings. The Kier molecular flexibility index (Phi) is 2.99. The van der Waals surface area contributed by atoms with Crippen molar-refractivity contribution in [1.82, 2.24) is 5.32 Å². The molecule has 1 aliphatic heterocycles. The molecule has 1 aromatic carbocycles. The van der Waals surface area contributed by atoms with Gasteiger partial charge >= 0.3 is 0 Å². The highest BCUT2D eigenvalue weighted by Crippen LogP contribution is 2.20. The van der Waals surface area contributed by atoms with Gasteiger partial charge in [0.25, 0.3) is 20.2 Å². The van der Waals surface area contributed by atoms with Crippen LogP contribution in [-0.4, -0.2) is 32.5 Å². The van der Waals surface area contributed by atoms with Crippen molar-refractivity contribution in [3.05, 3.63) is 39.1 Å². The van der Waals surface area contributed by atoms with Crippen LogP contribution in [0.15, 0.2) is 28.0 Å². The first-order chi connectivity index (χ1) is 9.66. The van der Waals surface area contributed by atoms with Gasteiger partial charge in [-0.25, -0.2) is 0 Å². The van der Waals surface area contributed by atoms with E-state index in [1.807, 2.05) is 0 Å². The first-order valence-electron chi connectivity index (χ1n) is 5.91. The lowest BCUT2D eigenvalue weighted by molar-refractivity contribution is 0.482. The summed E-state index contributed by atoms with van der Waals surface area (Å²) in [6.07, 6.45) is 2.86. The molecule has 0 radical (unpaired) electrons. The van der Waals surface area contributed by atoms with Crippen molar-refractivity contribution in [3.8, 4) is 0 Å². The second-order valence-corrected chi connectivity index (χ2v) is 7.73. The maximum Gasteiger partial charge on any atom is 0.294 e. The van der Waals surface area contributed by atoms with Gasteiger partial charge in [-0.2, -0.15) is 16.8 Å². The quantitative estimate of drug-likeness (QED) is 0.580. The minimum absolute atomic E-state index is 0.123. The number of benzene rings is 1. The highest BCUT2D eigenvalue weighted by atomic mass is 32.2. The lowest BCUT2D eigenvalue weighted by atomic mass is 9.95. The number of rotatable bonds is 2. The molecule has 2 aliphatic rings. The summed E-state index contributed by atoms with van der Waals surface area (Å²) >= 11 is 0. The third-order valence-corrected chi connectivity index (χ3v) is 5.18. The molecular weight excluding hydrogens is 318 g/mol. The summed E-state index contributed by atoms with van der Waals surface area (Å²) in [5, 5.41) is 4.17. The summed E-state index contributed by atoms with van der Waals surface area (Å²) in [5.74, 6) is 0. The van der Waals surface area contributed by atoms with E-state index in [9.17, 15) is 21.4 Å². The Labute approximate surface area is 120 Å². The molecule has 0 amide bonds. The standard InChI is InChI=1S/C12H11NO6S2/c14-20(15,16)10-1-7-2-11(21(17,18)19)4-9-6-13-5-8(3-10)12(7)9/h1,3-5,13H,2,6H2,(H,14,15,16)(H,17,18,19). The van der Waals surface area contributed by atoms with Gasteiger partial charge in [0.05, 0.1) is 9.80 Å². The Morgan fingerprint density at radius 1 is 1.05 bits per heavy atom. The molecule has 21 heavy (non-hydrogen) atoms. The third kappa shape index (κ3) is 2.48. The molecule has 0 saturated heterocycles. The van der Waals surface area contributed by atoms with Crippen molar-refractivity contribution in [1.29, 1.82) is 0 Å². The molecule has 1 heterocycles. The van der Waals surface area contributed by atoms with Gasteiger partial charge in [-0.3, -0.25) is 9.11 Å². The average Bonchev–Trinajstić information content (AvgIpc) is 2.36. The molecule has 3 N–H and O–H groups in total. The first kappa shape index (κ1) is 14.3. The molecule has 0 fully saturated rings. The molecule has 1 aliphatic carbocycles. The van der Waals surface area contributed by atoms with Crippen LogP contribution in [0.2, 0.25) is 0 Å². The summed E-state index contributed by atoms with van der Waals surface area (Å²) in [6.45, 7) is 0.365. The van der Waals surface area contributed by atoms with E-state index in [1.54, 1.807) is 6.20 Å². The Morgan fingerprint density at radius 2 is 1.76 bits per heavy atom. The lowest BCUT2D eigenvalue weighted by Crippen LogP contribution is -2.41. The summed E-state index contributed by atoms with van der Waals surface area (Å²) in [6, 6.07) is 2.54. The van der Waals surface area contributed by atoms with Crippen LogP contribution in [-0.2, 0) is 26.7 Å². The van der Waals surface area contributed by atoms with Crippen LogP contribution < -0.4 is 15.8 Å². The zero-order valence-electron chi connectivity index (χ0n) is 10.6. The fraction of sp³-hybridized carbons (Fsp3) is 0.167. The maximum atomic E-state index is 11.3. The van der Waals surface area contributed by atoms with Crippen LogP contribution in [0.4, 0.5) is 0 Å². The van der Waals surface area contributed by atoms with Crippen molar-refractivity contribution in [2.75, 3.05) is 6.54 Å². The largest absolute Gasteiger partial charge is 0.386 e. The molecule has 0 spiro atoms. The minimum Gasteiger partial charge on any atom is -0.386 e. The van der Waals surface area contributed by atoms with Gasteiger partial charge in [0.1, 0.15) is 0 Å². The van der Waals surface area contributed by atoms with Crippen LogP contribution in [0.25, 0.3) is 11.8 Å². The fourth-order valence-corrected chi connectivity index (χ4v) is 3.77. The molecule has 7 nitrogen and oxygen atoms in total. The average molecular weight is 329 g/mol. The van der Waals surface area contributed by atoms with E-state index in [-0.39, 0.29) is 16.2 Å². The summed E-state index contributed by atoms with van der Waals surface area (Å²) < 4.78 is 63.6. The molecule has 9 heteroatoms. The molecule has 0 saturated carbocycles. The highest BCUT2D eigenvalue weighted by Gasteiger charge is 2.23. The van der Waals surface area contributed by atoms with Gasteiger partial charge in [-0.15, -0.1) is 0 Å². The molecule has 0 atom stereocenters. The van der Waals surface area contributed by atoms with Crippen molar-refractivity contribution in [2.45, 2.75) is 11.3 Å². The Bertz CT molecular complexity index is 1000. The van der Waals surface area contributed by atoms with Crippen molar-refractivity contribution >= 4 is 32.0 Å². The summed E-state index contributed by atoms with van der Waals surface area (Å²) in [4.78, 5) is -0.515. The van der Waals surface area contributed by atoms with Crippen molar-refractivity contribution in [2.24, 2.45) is 0 Å². The van der Waals surface area contributed by atoms with E-state index >= 15 is 0 Å². The zero-order chi connectivity index (χ0) is 15.4. The van der Waals surface area contributed by atoms with Crippen LogP contribution in [0.1, 0.15) is 5.56 Å². The Morgan fingerprint density at radius 3 is 2.38 bits per heavy atom. The van der Waals surface area contributed by atoms with E-state index in [4.69, 9.17) is 4.55 Å². The monoisotopic (exact) mass is 329 g/mol. The third-order valence-electron chi connectivity index (χ3n) is 3.42. The van der Waals surface area contributed by atoms with Crippen molar-refractivity contribution < 1.29 is 25.9 Å². The lowest BCUT2D eigenvalue weighted by Gasteiger charge is -2.19. The maximum absolute atomic E-state index is 11.3. The van der Waals surface area contributed by atoms with Gasteiger partial charge < -0.3 is 5.32 Å². The van der Waals surface area contributed by atoms with Crippen LogP contribution in [0.3, 0.4) is 0 Å². The zero-order valence-corrected chi connectivity index (χ0v) is 12.2. The second-order valence-electron chi connectivity index (χ2n) is 4.83. The second kappa shape index (κ2) is 4.41. The number of allylic oxidation sites excluding steroid dienone is 1. The summed E-state index contributed by atoms with van der Waals surface area (Å²) in [5.41, 5.74) is 1.08. The SMILES string of the molecule is O=S(=O)(O)C1=CC2=c3c(cc(S(=O)(=O)O)cc3=CNC2)C1. The predicted molar refractivity (Wildman–Crippen MR) is 74.7 cm³/mol. The van der Waals surface area contributed by atoms with Gasteiger partial charge in [0, 0.05) is 19.2 Å². The van der Waals surface area contributed by atoms with Crippen LogP contribution >= 0.6 is 0 Å². The topological polar surface area (TPSA) is 121 Å². The van der Waals surface area contributed by atoms with E-state index in [0.29, 0.717) is 22.9 Å². The summed E-state index contributed by atoms with van der Waals surface area (Å²) in [7, 11) is -8.76. The number of hydrogen-bond acceptors (Lipinski definition) is 5. The normalized spacial score (nSPS) is 17.4. The smallest absolute Gasteiger partial charge is 0.294 e. The van der Waals surface area contributed by atoms with Gasteiger partial charge in [-0.1, -0.05) is 0 Å². The fourth-order valence-electron chi connectivity index (χ4n) is 2.57. The first-order valence-corrected chi connectivity index (χ1v) is 8.79. The van der Waals surface area contributed by atoms with Crippen molar-refractivity contribution in [3.63, 3.8) is 0 Å². The van der Waals surface area contributed by atoms with Gasteiger partial charge in [-0.05, 0) is 39.8 Å². The van der Waals surface area contributed by atoms with E-state index < -0.39 is 20.2 Å². The van der Waals surface area contributed by atoms with E-state index in [2.05, 4.69) is 5.32 Å². The molecule has 0 aromatic heterocycles. The Hall–Kier alpha value is -1.68. The van der Waals surface area contributed by atoms with Gasteiger partial charge in [0.15, 0.2) is 0 Å². The molecule has 0 unspecified atom stereocenters. The molecule has 3 rings (SSSR count). The van der Waals surface area contributed by atoms with Crippen LogP contribution in [0.5, 0.6) is 0 Å². The highest BCUT2D eigenvalue weighted by molar-refractivity contribution is 7.89. The molecule has 112 valence electrons. The predicted octanol–water partition coefficient (Wildman–Crippen LogP) is -1.25. The molecular formula is C12H11NO6S2. The Balaban J connectivity index is 2.39. The number of hydrogen-bond donors (Lipinski definition) is 3. The van der Waals surface area contributed by atoms with E-state index in [0.717, 1.165) is 5.22 Å². The van der Waals surface area contributed by atoms with E-state index in [1.165, 1.54) is 18.2 Å². The molecule has 0 bridgehead atoms. The van der Waals surface area contributed by atoms with Crippen LogP contribution in [0, 0.1) is 0 Å².